The fourth-order valence-electron chi connectivity index (χ4n) is 2.21. The van der Waals surface area contributed by atoms with Crippen LogP contribution in [0.25, 0.3) is 0 Å². The Balaban J connectivity index is 1.45. The van der Waals surface area contributed by atoms with Gasteiger partial charge < -0.3 is 4.74 Å². The van der Waals surface area contributed by atoms with Crippen LogP contribution >= 0.6 is 23.3 Å². The second-order valence-electron chi connectivity index (χ2n) is 5.07. The normalized spacial score (nSPS) is 22.5. The molecule has 0 spiro atoms. The zero-order valence-electron chi connectivity index (χ0n) is 10.8. The molecule has 9 heteroatoms. The molecular formula is C11H14N6OS2. The minimum Gasteiger partial charge on any atom is -0.376 e. The molecule has 0 bridgehead atoms. The Morgan fingerprint density at radius 2 is 2.30 bits per heavy atom. The molecule has 7 nitrogen and oxygen atoms in total. The van der Waals surface area contributed by atoms with Crippen molar-refractivity contribution in [3.8, 4) is 0 Å². The van der Waals surface area contributed by atoms with Gasteiger partial charge in [0, 0.05) is 12.5 Å². The molecule has 106 valence electrons. The summed E-state index contributed by atoms with van der Waals surface area (Å²) in [4.78, 5) is 4.55. The van der Waals surface area contributed by atoms with Crippen molar-refractivity contribution < 1.29 is 4.74 Å². The maximum absolute atomic E-state index is 5.62. The van der Waals surface area contributed by atoms with Gasteiger partial charge in [0.25, 0.3) is 0 Å². The molecule has 2 aromatic rings. The van der Waals surface area contributed by atoms with Crippen molar-refractivity contribution in [3.63, 3.8) is 0 Å². The Kier molecular flexibility index (Phi) is 3.41. The highest BCUT2D eigenvalue weighted by Gasteiger charge is 2.28. The summed E-state index contributed by atoms with van der Waals surface area (Å²) in [6.07, 6.45) is 4.87. The average Bonchev–Trinajstić information content (AvgIpc) is 2.88. The lowest BCUT2D eigenvalue weighted by Crippen LogP contribution is -2.16. The zero-order chi connectivity index (χ0) is 13.4. The summed E-state index contributed by atoms with van der Waals surface area (Å²) in [6.45, 7) is 1.56. The fourth-order valence-corrected chi connectivity index (χ4v) is 3.78. The first kappa shape index (κ1) is 12.7. The minimum absolute atomic E-state index is 0.231. The van der Waals surface area contributed by atoms with E-state index in [1.165, 1.54) is 36.1 Å². The maximum Gasteiger partial charge on any atom is 0.216 e. The van der Waals surface area contributed by atoms with Crippen LogP contribution < -0.4 is 0 Å². The van der Waals surface area contributed by atoms with Crippen LogP contribution in [0.5, 0.6) is 0 Å². The molecule has 2 aliphatic rings. The molecule has 20 heavy (non-hydrogen) atoms. The van der Waals surface area contributed by atoms with Crippen LogP contribution in [0.2, 0.25) is 0 Å². The van der Waals surface area contributed by atoms with E-state index in [4.69, 9.17) is 4.74 Å². The van der Waals surface area contributed by atoms with Gasteiger partial charge in [0.1, 0.15) is 5.82 Å². The van der Waals surface area contributed by atoms with Crippen LogP contribution in [0.4, 0.5) is 0 Å². The van der Waals surface area contributed by atoms with Crippen molar-refractivity contribution in [1.82, 2.24) is 29.6 Å². The number of hydrogen-bond acceptors (Lipinski definition) is 8. The lowest BCUT2D eigenvalue weighted by atomic mass is 10.2. The van der Waals surface area contributed by atoms with E-state index in [2.05, 4.69) is 24.9 Å². The largest absolute Gasteiger partial charge is 0.376 e. The zero-order valence-corrected chi connectivity index (χ0v) is 12.4. The quantitative estimate of drug-likeness (QED) is 0.832. The van der Waals surface area contributed by atoms with Gasteiger partial charge in [-0.25, -0.2) is 9.67 Å². The molecule has 0 aromatic carbocycles. The highest BCUT2D eigenvalue weighted by atomic mass is 32.2. The van der Waals surface area contributed by atoms with Crippen molar-refractivity contribution in [2.24, 2.45) is 0 Å². The molecule has 1 aliphatic carbocycles. The van der Waals surface area contributed by atoms with Crippen LogP contribution in [0.15, 0.2) is 9.50 Å². The smallest absolute Gasteiger partial charge is 0.216 e. The van der Waals surface area contributed by atoms with Crippen LogP contribution in [0.1, 0.15) is 37.4 Å². The van der Waals surface area contributed by atoms with Crippen LogP contribution in [-0.4, -0.2) is 42.3 Å². The molecule has 0 radical (unpaired) electrons. The Hall–Kier alpha value is -1.06. The van der Waals surface area contributed by atoms with E-state index in [-0.39, 0.29) is 6.10 Å². The first-order valence-corrected chi connectivity index (χ1v) is 8.37. The van der Waals surface area contributed by atoms with Crippen LogP contribution in [0, 0.1) is 0 Å². The average molecular weight is 310 g/mol. The number of nitrogens with zero attached hydrogens (tertiary/aromatic N) is 6. The molecular weight excluding hydrogens is 296 g/mol. The molecule has 1 saturated heterocycles. The van der Waals surface area contributed by atoms with E-state index >= 15 is 0 Å². The Bertz CT molecular complexity index is 589. The van der Waals surface area contributed by atoms with Gasteiger partial charge in [-0.1, -0.05) is 0 Å². The summed E-state index contributed by atoms with van der Waals surface area (Å²) in [6, 6.07) is 0. The molecule has 2 fully saturated rings. The van der Waals surface area contributed by atoms with Crippen molar-refractivity contribution in [3.05, 3.63) is 5.82 Å². The van der Waals surface area contributed by atoms with Crippen LogP contribution in [-0.2, 0) is 11.3 Å². The van der Waals surface area contributed by atoms with Gasteiger partial charge in [-0.05, 0) is 59.4 Å². The second kappa shape index (κ2) is 5.38. The molecule has 1 unspecified atom stereocenters. The van der Waals surface area contributed by atoms with E-state index in [9.17, 15) is 0 Å². The van der Waals surface area contributed by atoms with Crippen molar-refractivity contribution in [2.45, 2.75) is 53.7 Å². The van der Waals surface area contributed by atoms with E-state index in [1.807, 2.05) is 0 Å². The predicted octanol–water partition coefficient (Wildman–Crippen LogP) is 1.73. The van der Waals surface area contributed by atoms with Gasteiger partial charge in [0.15, 0.2) is 4.34 Å². The summed E-state index contributed by atoms with van der Waals surface area (Å²) < 4.78 is 12.7. The minimum atomic E-state index is 0.231. The Morgan fingerprint density at radius 1 is 1.35 bits per heavy atom. The Labute approximate surface area is 124 Å². The maximum atomic E-state index is 5.62. The van der Waals surface area contributed by atoms with Crippen molar-refractivity contribution in [1.29, 1.82) is 0 Å². The van der Waals surface area contributed by atoms with Gasteiger partial charge in [0.05, 0.1) is 12.6 Å². The molecule has 0 amide bonds. The third kappa shape index (κ3) is 2.70. The third-order valence-electron chi connectivity index (χ3n) is 3.44. The van der Waals surface area contributed by atoms with E-state index in [1.54, 1.807) is 4.68 Å². The number of ether oxygens (including phenoxy) is 1. The molecule has 1 aliphatic heterocycles. The highest BCUT2D eigenvalue weighted by molar-refractivity contribution is 8.00. The molecule has 2 aromatic heterocycles. The standard InChI is InChI=1S/C11H14N6OS2/c1-2-8(18-5-1)6-17-10(13-15-16-17)19-11-12-9(14-20-11)7-3-4-7/h7-8H,1-6H2. The highest BCUT2D eigenvalue weighted by Crippen LogP contribution is 2.40. The summed E-state index contributed by atoms with van der Waals surface area (Å²) >= 11 is 2.92. The number of hydrogen-bond donors (Lipinski definition) is 0. The first-order valence-electron chi connectivity index (χ1n) is 6.78. The monoisotopic (exact) mass is 310 g/mol. The second-order valence-corrected chi connectivity index (χ2v) is 7.04. The van der Waals surface area contributed by atoms with Crippen LogP contribution in [0.3, 0.4) is 0 Å². The van der Waals surface area contributed by atoms with E-state index in [0.29, 0.717) is 12.5 Å². The number of tetrazole rings is 1. The molecule has 1 saturated carbocycles. The summed E-state index contributed by atoms with van der Waals surface area (Å²) in [5.74, 6) is 1.57. The third-order valence-corrected chi connectivity index (χ3v) is 5.18. The summed E-state index contributed by atoms with van der Waals surface area (Å²) in [7, 11) is 0. The summed E-state index contributed by atoms with van der Waals surface area (Å²) in [5.41, 5.74) is 0. The predicted molar refractivity (Wildman–Crippen MR) is 72.8 cm³/mol. The number of aromatic nitrogens is 6. The van der Waals surface area contributed by atoms with Gasteiger partial charge in [-0.2, -0.15) is 4.37 Å². The molecule has 3 heterocycles. The first-order chi connectivity index (χ1) is 9.88. The lowest BCUT2D eigenvalue weighted by Gasteiger charge is -2.09. The fraction of sp³-hybridized carbons (Fsp3) is 0.727. The summed E-state index contributed by atoms with van der Waals surface area (Å²) in [5, 5.41) is 12.6. The Morgan fingerprint density at radius 3 is 3.10 bits per heavy atom. The van der Waals surface area contributed by atoms with Gasteiger partial charge in [-0.15, -0.1) is 5.10 Å². The van der Waals surface area contributed by atoms with Crippen molar-refractivity contribution in [2.75, 3.05) is 6.61 Å². The van der Waals surface area contributed by atoms with E-state index < -0.39 is 0 Å². The van der Waals surface area contributed by atoms with Crippen molar-refractivity contribution >= 4 is 23.3 Å². The van der Waals surface area contributed by atoms with Gasteiger partial charge in [0.2, 0.25) is 5.16 Å². The van der Waals surface area contributed by atoms with E-state index in [0.717, 1.165) is 34.8 Å². The SMILES string of the molecule is C1COC(Cn2nnnc2Sc2nc(C3CC3)ns2)C1. The van der Waals surface area contributed by atoms with Gasteiger partial charge >= 0.3 is 0 Å². The topological polar surface area (TPSA) is 78.6 Å². The van der Waals surface area contributed by atoms with Gasteiger partial charge in [-0.3, -0.25) is 0 Å². The molecule has 4 rings (SSSR count). The molecule has 0 N–H and O–H groups in total. The molecule has 1 atom stereocenters. The number of rotatable bonds is 5. The lowest BCUT2D eigenvalue weighted by molar-refractivity contribution is 0.0912.